The van der Waals surface area contributed by atoms with Crippen LogP contribution in [0.2, 0.25) is 12.6 Å². The Morgan fingerprint density at radius 1 is 1.00 bits per heavy atom. The van der Waals surface area contributed by atoms with Gasteiger partial charge in [0, 0.05) is 0 Å². The first-order valence-corrected chi connectivity index (χ1v) is 1.91. The molecule has 22 valence electrons. The summed E-state index contributed by atoms with van der Waals surface area (Å²) >= 11 is 0. The van der Waals surface area contributed by atoms with E-state index >= 15 is 0 Å². The predicted octanol–water partition coefficient (Wildman–Crippen LogP) is -0.911. The number of hydrogen-bond donors (Lipinski definition) is 0. The standard InChI is InChI=1S/C2H8B2/c3-1-2-4/h1-4H2. The molecule has 0 unspecified atom stereocenters. The van der Waals surface area contributed by atoms with Gasteiger partial charge in [-0.05, 0) is 0 Å². The summed E-state index contributed by atoms with van der Waals surface area (Å²) in [7, 11) is 4.36. The molecule has 0 aromatic rings. The van der Waals surface area contributed by atoms with E-state index in [4.69, 9.17) is 0 Å². The van der Waals surface area contributed by atoms with E-state index in [1.54, 1.807) is 0 Å². The van der Waals surface area contributed by atoms with Crippen LogP contribution < -0.4 is 0 Å². The van der Waals surface area contributed by atoms with Crippen LogP contribution in [0.25, 0.3) is 0 Å². The van der Waals surface area contributed by atoms with Gasteiger partial charge in [0.05, 0.1) is 15.7 Å². The fourth-order valence-corrected chi connectivity index (χ4v) is 0. The zero-order valence-electron chi connectivity index (χ0n) is 3.41. The molecule has 0 aliphatic carbocycles. The quantitative estimate of drug-likeness (QED) is 0.340. The molecule has 0 aromatic carbocycles. The first-order chi connectivity index (χ1) is 1.91. The average molecular weight is 53.7 g/mol. The van der Waals surface area contributed by atoms with Crippen LogP contribution in [0.5, 0.6) is 0 Å². The van der Waals surface area contributed by atoms with E-state index in [1.165, 1.54) is 12.6 Å². The van der Waals surface area contributed by atoms with Crippen molar-refractivity contribution in [1.82, 2.24) is 0 Å². The van der Waals surface area contributed by atoms with Gasteiger partial charge in [-0.15, -0.1) is 0 Å². The topological polar surface area (TPSA) is 0 Å². The van der Waals surface area contributed by atoms with Gasteiger partial charge < -0.3 is 0 Å². The van der Waals surface area contributed by atoms with Crippen molar-refractivity contribution >= 4 is 15.7 Å². The minimum atomic E-state index is 1.32. The second kappa shape index (κ2) is 3.13. The van der Waals surface area contributed by atoms with Gasteiger partial charge in [-0.1, -0.05) is 12.6 Å². The smallest absolute Gasteiger partial charge is 0.0879 e. The maximum Gasteiger partial charge on any atom is 0.1000 e. The Bertz CT molecular complexity index is 6.00. The molecule has 2 heteroatoms. The van der Waals surface area contributed by atoms with E-state index in [9.17, 15) is 0 Å². The fourth-order valence-electron chi connectivity index (χ4n) is 0. The molecule has 0 fully saturated rings. The third-order valence-corrected chi connectivity index (χ3v) is 0.500. The van der Waals surface area contributed by atoms with Gasteiger partial charge in [-0.25, -0.2) is 0 Å². The number of hydrogen-bond acceptors (Lipinski definition) is 0. The first kappa shape index (κ1) is 4.13. The van der Waals surface area contributed by atoms with Gasteiger partial charge in [0.15, 0.2) is 0 Å². The lowest BCUT2D eigenvalue weighted by Gasteiger charge is -1.66. The molecule has 4 heavy (non-hydrogen) atoms. The minimum Gasteiger partial charge on any atom is -0.0879 e. The zero-order valence-corrected chi connectivity index (χ0v) is 3.41. The molecule has 0 bridgehead atoms. The Morgan fingerprint density at radius 3 is 1.25 bits per heavy atom. The third kappa shape index (κ3) is 2.13. The van der Waals surface area contributed by atoms with Crippen LogP contribution >= 0.6 is 0 Å². The van der Waals surface area contributed by atoms with Crippen LogP contribution in [-0.2, 0) is 0 Å². The van der Waals surface area contributed by atoms with E-state index in [0.717, 1.165) is 0 Å². The molecule has 0 atom stereocenters. The zero-order chi connectivity index (χ0) is 3.41. The second-order valence-corrected chi connectivity index (χ2v) is 1.000. The van der Waals surface area contributed by atoms with Crippen molar-refractivity contribution in [2.24, 2.45) is 0 Å². The summed E-state index contributed by atoms with van der Waals surface area (Å²) in [4.78, 5) is 0. The highest BCUT2D eigenvalue weighted by Crippen LogP contribution is 1.70. The lowest BCUT2D eigenvalue weighted by molar-refractivity contribution is 1.46. The van der Waals surface area contributed by atoms with E-state index in [1.807, 2.05) is 0 Å². The summed E-state index contributed by atoms with van der Waals surface area (Å²) < 4.78 is 0. The largest absolute Gasteiger partial charge is 0.1000 e. The lowest BCUT2D eigenvalue weighted by atomic mass is 9.91. The summed E-state index contributed by atoms with van der Waals surface area (Å²) in [6, 6.07) is 0. The lowest BCUT2D eigenvalue weighted by Crippen LogP contribution is -1.60. The van der Waals surface area contributed by atoms with Crippen LogP contribution in [0.1, 0.15) is 0 Å². The van der Waals surface area contributed by atoms with Crippen LogP contribution in [-0.4, -0.2) is 15.7 Å². The minimum absolute atomic E-state index is 1.32. The molecular formula is C2H8B2. The number of rotatable bonds is 1. The van der Waals surface area contributed by atoms with Gasteiger partial charge in [0.2, 0.25) is 0 Å². The monoisotopic (exact) mass is 54.1 g/mol. The molecule has 0 heterocycles. The molecule has 0 aromatic heterocycles. The maximum atomic E-state index is 2.18. The highest BCUT2D eigenvalue weighted by molar-refractivity contribution is 6.16. The Balaban J connectivity index is 1.97. The molecule has 0 amide bonds. The third-order valence-electron chi connectivity index (χ3n) is 0.500. The molecule has 0 rings (SSSR count). The predicted molar refractivity (Wildman–Crippen MR) is 26.7 cm³/mol. The molecule has 0 aliphatic rings. The molecule has 0 aliphatic heterocycles. The van der Waals surface area contributed by atoms with Crippen LogP contribution in [0.15, 0.2) is 0 Å². The Hall–Kier alpha value is 0.130. The Kier molecular flexibility index (Phi) is 3.23. The molecular weight excluding hydrogens is 45.6 g/mol. The van der Waals surface area contributed by atoms with Crippen molar-refractivity contribution in [3.63, 3.8) is 0 Å². The Morgan fingerprint density at radius 2 is 1.25 bits per heavy atom. The van der Waals surface area contributed by atoms with Gasteiger partial charge in [0.25, 0.3) is 0 Å². The van der Waals surface area contributed by atoms with E-state index in [-0.39, 0.29) is 0 Å². The Labute approximate surface area is 29.4 Å². The van der Waals surface area contributed by atoms with Gasteiger partial charge >= 0.3 is 0 Å². The van der Waals surface area contributed by atoms with E-state index in [0.29, 0.717) is 0 Å². The van der Waals surface area contributed by atoms with E-state index in [2.05, 4.69) is 15.7 Å². The second-order valence-electron chi connectivity index (χ2n) is 1.000. The van der Waals surface area contributed by atoms with Crippen LogP contribution in [0.4, 0.5) is 0 Å². The molecule has 0 N–H and O–H groups in total. The summed E-state index contributed by atoms with van der Waals surface area (Å²) in [6.45, 7) is 0. The highest BCUT2D eigenvalue weighted by Gasteiger charge is 1.59. The summed E-state index contributed by atoms with van der Waals surface area (Å²) in [5.74, 6) is 0. The van der Waals surface area contributed by atoms with Gasteiger partial charge in [-0.3, -0.25) is 0 Å². The van der Waals surface area contributed by atoms with Crippen LogP contribution in [0, 0.1) is 0 Å². The first-order valence-electron chi connectivity index (χ1n) is 1.91. The van der Waals surface area contributed by atoms with E-state index < -0.39 is 0 Å². The van der Waals surface area contributed by atoms with Crippen molar-refractivity contribution < 1.29 is 0 Å². The van der Waals surface area contributed by atoms with Crippen molar-refractivity contribution in [3.8, 4) is 0 Å². The molecule has 0 spiro atoms. The highest BCUT2D eigenvalue weighted by atomic mass is 13.4. The molecule has 0 saturated carbocycles. The van der Waals surface area contributed by atoms with Crippen LogP contribution in [0.3, 0.4) is 0 Å². The summed E-state index contributed by atoms with van der Waals surface area (Å²) in [5, 5.41) is 0. The summed E-state index contributed by atoms with van der Waals surface area (Å²) in [6.07, 6.45) is 2.64. The average Bonchev–Trinajstić information content (AvgIpc) is 1.37. The fraction of sp³-hybridized carbons (Fsp3) is 1.00. The van der Waals surface area contributed by atoms with Gasteiger partial charge in [-0.2, -0.15) is 0 Å². The van der Waals surface area contributed by atoms with Crippen molar-refractivity contribution in [2.75, 3.05) is 0 Å². The molecule has 0 nitrogen and oxygen atoms in total. The van der Waals surface area contributed by atoms with Crippen molar-refractivity contribution in [1.29, 1.82) is 0 Å². The van der Waals surface area contributed by atoms with Gasteiger partial charge in [0.1, 0.15) is 0 Å². The molecule has 0 radical (unpaired) electrons. The molecule has 0 saturated heterocycles. The maximum absolute atomic E-state index is 2.18. The van der Waals surface area contributed by atoms with Crippen molar-refractivity contribution in [2.45, 2.75) is 12.6 Å². The SMILES string of the molecule is BCCB. The van der Waals surface area contributed by atoms with Crippen molar-refractivity contribution in [3.05, 3.63) is 0 Å². The summed E-state index contributed by atoms with van der Waals surface area (Å²) in [5.41, 5.74) is 0. The normalized spacial score (nSPS) is 7.00.